The summed E-state index contributed by atoms with van der Waals surface area (Å²) in [4.78, 5) is 27.2. The maximum absolute atomic E-state index is 12.9. The van der Waals surface area contributed by atoms with Crippen molar-refractivity contribution in [3.05, 3.63) is 29.3 Å². The van der Waals surface area contributed by atoms with Gasteiger partial charge in [0.2, 0.25) is 16.9 Å². The molecule has 29 heavy (non-hydrogen) atoms. The summed E-state index contributed by atoms with van der Waals surface area (Å²) in [6.45, 7) is 4.54. The number of carbonyl (C=O) groups is 2. The molecule has 0 bridgehead atoms. The molecule has 1 aromatic carbocycles. The highest BCUT2D eigenvalue weighted by atomic mass is 35.5. The third kappa shape index (κ3) is 5.76. The molecular weight excluding hydrogens is 408 g/mol. The number of rotatable bonds is 8. The summed E-state index contributed by atoms with van der Waals surface area (Å²) in [5.74, 6) is 0.158. The van der Waals surface area contributed by atoms with Crippen molar-refractivity contribution in [2.24, 2.45) is 5.92 Å². The summed E-state index contributed by atoms with van der Waals surface area (Å²) in [5.41, 5.74) is 0.862. The number of nitrogens with one attached hydrogen (secondary N) is 1. The lowest BCUT2D eigenvalue weighted by Gasteiger charge is -2.30. The fraction of sp³-hybridized carbons (Fsp3) is 0.524. The van der Waals surface area contributed by atoms with Crippen molar-refractivity contribution in [1.29, 1.82) is 0 Å². The highest BCUT2D eigenvalue weighted by Crippen LogP contribution is 2.29. The summed E-state index contributed by atoms with van der Waals surface area (Å²) in [5, 5.41) is 12.7. The zero-order chi connectivity index (χ0) is 20.8. The van der Waals surface area contributed by atoms with Crippen molar-refractivity contribution < 1.29 is 9.59 Å². The maximum atomic E-state index is 12.9. The fourth-order valence-electron chi connectivity index (χ4n) is 3.59. The fourth-order valence-corrected chi connectivity index (χ4v) is 4.54. The van der Waals surface area contributed by atoms with E-state index in [4.69, 9.17) is 11.6 Å². The van der Waals surface area contributed by atoms with Gasteiger partial charge in [-0.05, 0) is 38.3 Å². The van der Waals surface area contributed by atoms with Crippen LogP contribution in [0.3, 0.4) is 0 Å². The number of hydrogen-bond acceptors (Lipinski definition) is 5. The molecule has 1 N–H and O–H groups in total. The standard InChI is InChI=1S/C21H27ClN4O2S/c1-3-14(2)26(20(28)15-7-4-5-8-15)12-11-18(27)23-21-25-24-19(29-21)16-9-6-10-17(22)13-16/h6,9-10,13-15H,3-5,7-8,11-12H2,1-2H3,(H,23,25,27)/t14-/m1/s1. The highest BCUT2D eigenvalue weighted by Gasteiger charge is 2.29. The van der Waals surface area contributed by atoms with E-state index in [9.17, 15) is 9.59 Å². The quantitative estimate of drug-likeness (QED) is 0.634. The first-order valence-electron chi connectivity index (χ1n) is 10.2. The second-order valence-corrected chi connectivity index (χ2v) is 8.91. The Morgan fingerprint density at radius 3 is 2.76 bits per heavy atom. The molecule has 6 nitrogen and oxygen atoms in total. The molecule has 156 valence electrons. The van der Waals surface area contributed by atoms with E-state index in [1.54, 1.807) is 6.07 Å². The smallest absolute Gasteiger partial charge is 0.227 e. The Hall–Kier alpha value is -1.99. The van der Waals surface area contributed by atoms with E-state index in [0.717, 1.165) is 37.7 Å². The largest absolute Gasteiger partial charge is 0.339 e. The van der Waals surface area contributed by atoms with Crippen LogP contribution in [0, 0.1) is 5.92 Å². The van der Waals surface area contributed by atoms with Gasteiger partial charge < -0.3 is 10.2 Å². The Morgan fingerprint density at radius 2 is 2.07 bits per heavy atom. The molecular formula is C21H27ClN4O2S. The summed E-state index contributed by atoms with van der Waals surface area (Å²) < 4.78 is 0. The first-order valence-corrected chi connectivity index (χ1v) is 11.4. The molecule has 1 aliphatic carbocycles. The van der Waals surface area contributed by atoms with E-state index >= 15 is 0 Å². The highest BCUT2D eigenvalue weighted by molar-refractivity contribution is 7.18. The van der Waals surface area contributed by atoms with Gasteiger partial charge in [-0.1, -0.05) is 54.8 Å². The van der Waals surface area contributed by atoms with Crippen LogP contribution in [0.25, 0.3) is 10.6 Å². The number of carbonyl (C=O) groups excluding carboxylic acids is 2. The van der Waals surface area contributed by atoms with E-state index in [0.29, 0.717) is 21.7 Å². The first-order chi connectivity index (χ1) is 14.0. The molecule has 1 atom stereocenters. The van der Waals surface area contributed by atoms with Gasteiger partial charge in [-0.3, -0.25) is 9.59 Å². The van der Waals surface area contributed by atoms with E-state index in [1.165, 1.54) is 11.3 Å². The number of anilines is 1. The molecule has 1 aromatic heterocycles. The predicted molar refractivity (Wildman–Crippen MR) is 117 cm³/mol. The van der Waals surface area contributed by atoms with Crippen LogP contribution in [-0.2, 0) is 9.59 Å². The van der Waals surface area contributed by atoms with E-state index in [-0.39, 0.29) is 30.2 Å². The van der Waals surface area contributed by atoms with Crippen LogP contribution >= 0.6 is 22.9 Å². The Bertz CT molecular complexity index is 851. The second-order valence-electron chi connectivity index (χ2n) is 7.49. The second kappa shape index (κ2) is 10.2. The summed E-state index contributed by atoms with van der Waals surface area (Å²) in [6, 6.07) is 7.49. The average molecular weight is 435 g/mol. The van der Waals surface area contributed by atoms with Gasteiger partial charge in [0.15, 0.2) is 0 Å². The molecule has 0 radical (unpaired) electrons. The molecule has 0 aliphatic heterocycles. The number of halogens is 1. The van der Waals surface area contributed by atoms with Gasteiger partial charge in [0, 0.05) is 35.5 Å². The molecule has 1 heterocycles. The van der Waals surface area contributed by atoms with Crippen molar-refractivity contribution in [2.75, 3.05) is 11.9 Å². The van der Waals surface area contributed by atoms with Crippen molar-refractivity contribution in [2.45, 2.75) is 58.4 Å². The van der Waals surface area contributed by atoms with E-state index in [2.05, 4.69) is 22.4 Å². The van der Waals surface area contributed by atoms with Crippen molar-refractivity contribution in [3.63, 3.8) is 0 Å². The lowest BCUT2D eigenvalue weighted by atomic mass is 10.0. The van der Waals surface area contributed by atoms with Gasteiger partial charge in [0.25, 0.3) is 0 Å². The van der Waals surface area contributed by atoms with Gasteiger partial charge >= 0.3 is 0 Å². The van der Waals surface area contributed by atoms with Crippen LogP contribution < -0.4 is 5.32 Å². The topological polar surface area (TPSA) is 75.2 Å². The van der Waals surface area contributed by atoms with Gasteiger partial charge in [-0.15, -0.1) is 10.2 Å². The predicted octanol–water partition coefficient (Wildman–Crippen LogP) is 5.00. The summed E-state index contributed by atoms with van der Waals surface area (Å²) in [7, 11) is 0. The third-order valence-corrected chi connectivity index (χ3v) is 6.56. The number of nitrogens with zero attached hydrogens (tertiary/aromatic N) is 3. The lowest BCUT2D eigenvalue weighted by Crippen LogP contribution is -2.43. The maximum Gasteiger partial charge on any atom is 0.227 e. The minimum Gasteiger partial charge on any atom is -0.339 e. The number of benzene rings is 1. The molecule has 1 aliphatic rings. The number of hydrogen-bond donors (Lipinski definition) is 1. The Balaban J connectivity index is 1.57. The monoisotopic (exact) mass is 434 g/mol. The number of amides is 2. The van der Waals surface area contributed by atoms with Gasteiger partial charge in [-0.2, -0.15) is 0 Å². The molecule has 0 saturated heterocycles. The molecule has 1 fully saturated rings. The Kier molecular flexibility index (Phi) is 7.61. The minimum absolute atomic E-state index is 0.121. The zero-order valence-corrected chi connectivity index (χ0v) is 18.4. The van der Waals surface area contributed by atoms with Crippen molar-refractivity contribution >= 4 is 39.9 Å². The minimum atomic E-state index is -0.161. The molecule has 3 rings (SSSR count). The first kappa shape index (κ1) is 21.7. The normalized spacial score (nSPS) is 15.3. The summed E-state index contributed by atoms with van der Waals surface area (Å²) in [6.07, 6.45) is 5.30. The molecule has 1 saturated carbocycles. The van der Waals surface area contributed by atoms with E-state index in [1.807, 2.05) is 30.0 Å². The average Bonchev–Trinajstić information content (AvgIpc) is 3.40. The van der Waals surface area contributed by atoms with Crippen LogP contribution in [0.1, 0.15) is 52.4 Å². The van der Waals surface area contributed by atoms with Crippen molar-refractivity contribution in [3.8, 4) is 10.6 Å². The Labute approximate surface area is 180 Å². The van der Waals surface area contributed by atoms with Crippen LogP contribution in [0.2, 0.25) is 5.02 Å². The van der Waals surface area contributed by atoms with Crippen LogP contribution in [0.5, 0.6) is 0 Å². The summed E-state index contributed by atoms with van der Waals surface area (Å²) >= 11 is 7.32. The van der Waals surface area contributed by atoms with E-state index < -0.39 is 0 Å². The molecule has 2 aromatic rings. The molecule has 8 heteroatoms. The van der Waals surface area contributed by atoms with Gasteiger partial charge in [0.05, 0.1) is 0 Å². The van der Waals surface area contributed by atoms with Gasteiger partial charge in [-0.25, -0.2) is 0 Å². The Morgan fingerprint density at radius 1 is 1.31 bits per heavy atom. The molecule has 0 unspecified atom stereocenters. The molecule has 2 amide bonds. The van der Waals surface area contributed by atoms with Crippen LogP contribution in [0.4, 0.5) is 5.13 Å². The van der Waals surface area contributed by atoms with Gasteiger partial charge in [0.1, 0.15) is 5.01 Å². The SMILES string of the molecule is CC[C@@H](C)N(CCC(=O)Nc1nnc(-c2cccc(Cl)c2)s1)C(=O)C1CCCC1. The van der Waals surface area contributed by atoms with Crippen LogP contribution in [-0.4, -0.2) is 39.5 Å². The molecule has 0 spiro atoms. The lowest BCUT2D eigenvalue weighted by molar-refractivity contribution is -0.137. The zero-order valence-electron chi connectivity index (χ0n) is 16.9. The number of aromatic nitrogens is 2. The van der Waals surface area contributed by atoms with Crippen molar-refractivity contribution in [1.82, 2.24) is 15.1 Å². The van der Waals surface area contributed by atoms with Crippen LogP contribution in [0.15, 0.2) is 24.3 Å². The third-order valence-electron chi connectivity index (χ3n) is 5.43.